The zero-order valence-corrected chi connectivity index (χ0v) is 13.2. The molecule has 0 unspecified atom stereocenters. The number of aldehydes is 1. The molecule has 0 aliphatic carbocycles. The number of nitrogens with zero attached hydrogens (tertiary/aromatic N) is 1. The highest BCUT2D eigenvalue weighted by Gasteiger charge is 2.22. The van der Waals surface area contributed by atoms with Gasteiger partial charge in [-0.25, -0.2) is 0 Å². The van der Waals surface area contributed by atoms with Crippen molar-refractivity contribution in [3.8, 4) is 11.5 Å². The summed E-state index contributed by atoms with van der Waals surface area (Å²) in [7, 11) is 0. The first kappa shape index (κ1) is 17.9. The second-order valence-corrected chi connectivity index (χ2v) is 4.94. The molecule has 0 heterocycles. The quantitative estimate of drug-likeness (QED) is 0.265. The Morgan fingerprint density at radius 2 is 1.86 bits per heavy atom. The van der Waals surface area contributed by atoms with Gasteiger partial charge in [-0.05, 0) is 19.4 Å². The first-order valence-electron chi connectivity index (χ1n) is 7.67. The number of hydrogen-bond donors (Lipinski definition) is 0. The lowest BCUT2D eigenvalue weighted by molar-refractivity contribution is -0.386. The molecule has 0 amide bonds. The van der Waals surface area contributed by atoms with Gasteiger partial charge in [-0.3, -0.25) is 14.9 Å². The Morgan fingerprint density at radius 3 is 2.45 bits per heavy atom. The molecule has 0 aliphatic rings. The van der Waals surface area contributed by atoms with Crippen LogP contribution < -0.4 is 9.47 Å². The average molecular weight is 309 g/mol. The predicted octanol–water partition coefficient (Wildman–Crippen LogP) is 4.16. The van der Waals surface area contributed by atoms with Gasteiger partial charge in [0.1, 0.15) is 6.29 Å². The van der Waals surface area contributed by atoms with E-state index in [9.17, 15) is 14.9 Å². The van der Waals surface area contributed by atoms with E-state index >= 15 is 0 Å². The Kier molecular flexibility index (Phi) is 7.96. The molecule has 0 bridgehead atoms. The van der Waals surface area contributed by atoms with Crippen molar-refractivity contribution in [1.82, 2.24) is 0 Å². The van der Waals surface area contributed by atoms with Crippen LogP contribution in [0.4, 0.5) is 5.69 Å². The van der Waals surface area contributed by atoms with Gasteiger partial charge >= 0.3 is 5.69 Å². The second-order valence-electron chi connectivity index (χ2n) is 4.94. The maximum Gasteiger partial charge on any atom is 0.315 e. The van der Waals surface area contributed by atoms with Crippen molar-refractivity contribution >= 4 is 12.0 Å². The number of hydrogen-bond acceptors (Lipinski definition) is 5. The van der Waals surface area contributed by atoms with Crippen molar-refractivity contribution in [3.05, 3.63) is 27.8 Å². The van der Waals surface area contributed by atoms with Gasteiger partial charge in [0, 0.05) is 11.6 Å². The number of benzene rings is 1. The molecular formula is C16H23NO5. The Balaban J connectivity index is 2.84. The molecule has 1 aromatic rings. The fraction of sp³-hybridized carbons (Fsp3) is 0.562. The van der Waals surface area contributed by atoms with Gasteiger partial charge in [0.15, 0.2) is 5.75 Å². The summed E-state index contributed by atoms with van der Waals surface area (Å²) in [5.74, 6) is 0.347. The van der Waals surface area contributed by atoms with Gasteiger partial charge in [0.05, 0.1) is 18.1 Å². The molecule has 0 N–H and O–H groups in total. The molecule has 6 nitrogen and oxygen atoms in total. The van der Waals surface area contributed by atoms with Gasteiger partial charge in [-0.15, -0.1) is 0 Å². The zero-order chi connectivity index (χ0) is 16.4. The largest absolute Gasteiger partial charge is 0.490 e. The Hall–Kier alpha value is -2.11. The van der Waals surface area contributed by atoms with Crippen molar-refractivity contribution in [3.63, 3.8) is 0 Å². The minimum Gasteiger partial charge on any atom is -0.490 e. The SMILES string of the molecule is CCCCCCCOc1c(OCC)cc(C=O)cc1[N+](=O)[O-]. The molecule has 0 atom stereocenters. The molecule has 0 saturated carbocycles. The number of unbranched alkanes of at least 4 members (excludes halogenated alkanes) is 4. The number of nitro benzene ring substituents is 1. The van der Waals surface area contributed by atoms with E-state index in [0.717, 1.165) is 25.7 Å². The highest BCUT2D eigenvalue weighted by molar-refractivity contribution is 5.79. The van der Waals surface area contributed by atoms with Crippen LogP contribution >= 0.6 is 0 Å². The standard InChI is InChI=1S/C16H23NO5/c1-3-5-6-7-8-9-22-16-14(17(19)20)10-13(12-18)11-15(16)21-4-2/h10-12H,3-9H2,1-2H3. The summed E-state index contributed by atoms with van der Waals surface area (Å²) in [5, 5.41) is 11.2. The first-order chi connectivity index (χ1) is 10.6. The van der Waals surface area contributed by atoms with Crippen molar-refractivity contribution in [2.75, 3.05) is 13.2 Å². The number of nitro groups is 1. The molecule has 0 aromatic heterocycles. The highest BCUT2D eigenvalue weighted by atomic mass is 16.6. The van der Waals surface area contributed by atoms with Crippen molar-refractivity contribution in [2.45, 2.75) is 46.0 Å². The van der Waals surface area contributed by atoms with Crippen molar-refractivity contribution < 1.29 is 19.2 Å². The van der Waals surface area contributed by atoms with Gasteiger partial charge in [0.25, 0.3) is 0 Å². The molecular weight excluding hydrogens is 286 g/mol. The van der Waals surface area contributed by atoms with Crippen LogP contribution in [0.3, 0.4) is 0 Å². The van der Waals surface area contributed by atoms with Crippen LogP contribution in [0.25, 0.3) is 0 Å². The summed E-state index contributed by atoms with van der Waals surface area (Å²) in [6.07, 6.45) is 5.89. The predicted molar refractivity (Wildman–Crippen MR) is 83.9 cm³/mol. The summed E-state index contributed by atoms with van der Waals surface area (Å²) in [6, 6.07) is 2.68. The van der Waals surface area contributed by atoms with Gasteiger partial charge in [0.2, 0.25) is 5.75 Å². The third kappa shape index (κ3) is 5.35. The van der Waals surface area contributed by atoms with Crippen molar-refractivity contribution in [1.29, 1.82) is 0 Å². The second kappa shape index (κ2) is 9.76. The van der Waals surface area contributed by atoms with Crippen LogP contribution in [0.1, 0.15) is 56.3 Å². The third-order valence-electron chi connectivity index (χ3n) is 3.18. The summed E-state index contributed by atoms with van der Waals surface area (Å²) >= 11 is 0. The molecule has 22 heavy (non-hydrogen) atoms. The molecule has 6 heteroatoms. The highest BCUT2D eigenvalue weighted by Crippen LogP contribution is 2.38. The number of carbonyl (C=O) groups excluding carboxylic acids is 1. The molecule has 0 aliphatic heterocycles. The fourth-order valence-electron chi connectivity index (χ4n) is 2.10. The van der Waals surface area contributed by atoms with E-state index in [1.54, 1.807) is 6.92 Å². The number of rotatable bonds is 11. The third-order valence-corrected chi connectivity index (χ3v) is 3.18. The Bertz CT molecular complexity index is 502. The molecule has 1 aromatic carbocycles. The lowest BCUT2D eigenvalue weighted by Crippen LogP contribution is -2.05. The summed E-state index contributed by atoms with van der Waals surface area (Å²) in [4.78, 5) is 21.5. The van der Waals surface area contributed by atoms with E-state index < -0.39 is 4.92 Å². The summed E-state index contributed by atoms with van der Waals surface area (Å²) < 4.78 is 11.0. The monoisotopic (exact) mass is 309 g/mol. The van der Waals surface area contributed by atoms with E-state index in [1.807, 2.05) is 0 Å². The molecule has 0 spiro atoms. The van der Waals surface area contributed by atoms with Crippen molar-refractivity contribution in [2.24, 2.45) is 0 Å². The molecule has 0 saturated heterocycles. The maximum absolute atomic E-state index is 11.2. The average Bonchev–Trinajstić information content (AvgIpc) is 2.51. The van der Waals surface area contributed by atoms with Gasteiger partial charge in [-0.2, -0.15) is 0 Å². The van der Waals surface area contributed by atoms with Crippen LogP contribution in [-0.2, 0) is 0 Å². The van der Waals surface area contributed by atoms with Gasteiger partial charge < -0.3 is 9.47 Å². The Labute approximate surface area is 130 Å². The molecule has 0 fully saturated rings. The van der Waals surface area contributed by atoms with E-state index in [-0.39, 0.29) is 22.7 Å². The first-order valence-corrected chi connectivity index (χ1v) is 7.67. The Morgan fingerprint density at radius 1 is 1.14 bits per heavy atom. The van der Waals surface area contributed by atoms with Crippen LogP contribution in [-0.4, -0.2) is 24.4 Å². The number of carbonyl (C=O) groups is 1. The van der Waals surface area contributed by atoms with E-state index in [4.69, 9.17) is 9.47 Å². The van der Waals surface area contributed by atoms with Crippen LogP contribution in [0, 0.1) is 10.1 Å². The lowest BCUT2D eigenvalue weighted by atomic mass is 10.1. The van der Waals surface area contributed by atoms with E-state index in [0.29, 0.717) is 19.5 Å². The van der Waals surface area contributed by atoms with Crippen LogP contribution in [0.15, 0.2) is 12.1 Å². The maximum atomic E-state index is 11.2. The summed E-state index contributed by atoms with van der Waals surface area (Å²) in [6.45, 7) is 4.65. The van der Waals surface area contributed by atoms with E-state index in [1.165, 1.54) is 18.6 Å². The topological polar surface area (TPSA) is 78.7 Å². The molecule has 1 rings (SSSR count). The molecule has 0 radical (unpaired) electrons. The lowest BCUT2D eigenvalue weighted by Gasteiger charge is -2.12. The van der Waals surface area contributed by atoms with Gasteiger partial charge in [-0.1, -0.05) is 32.6 Å². The minimum absolute atomic E-state index is 0.105. The van der Waals surface area contributed by atoms with Crippen LogP contribution in [0.5, 0.6) is 11.5 Å². The summed E-state index contributed by atoms with van der Waals surface area (Å²) in [5.41, 5.74) is -0.0351. The molecule has 122 valence electrons. The zero-order valence-electron chi connectivity index (χ0n) is 13.2. The minimum atomic E-state index is -0.554. The normalized spacial score (nSPS) is 10.3. The van der Waals surface area contributed by atoms with Crippen LogP contribution in [0.2, 0.25) is 0 Å². The fourth-order valence-corrected chi connectivity index (χ4v) is 2.10. The van der Waals surface area contributed by atoms with E-state index in [2.05, 4.69) is 6.92 Å². The smallest absolute Gasteiger partial charge is 0.315 e. The number of ether oxygens (including phenoxy) is 2.